The van der Waals surface area contributed by atoms with Gasteiger partial charge >= 0.3 is 6.03 Å². The van der Waals surface area contributed by atoms with Crippen LogP contribution in [0.5, 0.6) is 0 Å². The van der Waals surface area contributed by atoms with Crippen molar-refractivity contribution in [1.82, 2.24) is 4.90 Å². The smallest absolute Gasteiger partial charge is 0.321 e. The Morgan fingerprint density at radius 1 is 1.26 bits per heavy atom. The van der Waals surface area contributed by atoms with Gasteiger partial charge in [0, 0.05) is 21.8 Å². The zero-order valence-electron chi connectivity index (χ0n) is 10.9. The van der Waals surface area contributed by atoms with Gasteiger partial charge in [-0.1, -0.05) is 12.5 Å². The van der Waals surface area contributed by atoms with E-state index in [1.54, 1.807) is 0 Å². The fraction of sp³-hybridized carbons (Fsp3) is 0.533. The van der Waals surface area contributed by atoms with Crippen LogP contribution in [0.25, 0.3) is 0 Å². The molecule has 2 amide bonds. The summed E-state index contributed by atoms with van der Waals surface area (Å²) in [5.74, 6) is 0.746. The number of fused-ring (bicyclic) bond motifs is 1. The molecule has 1 aliphatic heterocycles. The molecule has 0 spiro atoms. The number of rotatable bonds is 1. The molecule has 2 unspecified atom stereocenters. The van der Waals surface area contributed by atoms with E-state index in [2.05, 4.69) is 32.8 Å². The van der Waals surface area contributed by atoms with Crippen LogP contribution in [0.1, 0.15) is 32.1 Å². The first-order valence-electron chi connectivity index (χ1n) is 7.07. The summed E-state index contributed by atoms with van der Waals surface area (Å²) in [6.07, 6.45) is 6.23. The molecule has 1 heterocycles. The maximum atomic E-state index is 12.4. The summed E-state index contributed by atoms with van der Waals surface area (Å²) < 4.78 is 1.15. The number of likely N-dealkylation sites (tertiary alicyclic amines) is 1. The van der Waals surface area contributed by atoms with Crippen molar-refractivity contribution in [2.75, 3.05) is 11.9 Å². The predicted octanol–water partition coefficient (Wildman–Crippen LogP) is 4.09. The van der Waals surface area contributed by atoms with E-state index in [0.29, 0.717) is 6.04 Å². The van der Waals surface area contributed by atoms with E-state index in [0.717, 1.165) is 28.1 Å². The van der Waals surface area contributed by atoms with Crippen molar-refractivity contribution in [3.63, 3.8) is 0 Å². The molecule has 102 valence electrons. The Bertz CT molecular complexity index is 477. The summed E-state index contributed by atoms with van der Waals surface area (Å²) in [7, 11) is 0. The lowest BCUT2D eigenvalue weighted by Crippen LogP contribution is -2.48. The van der Waals surface area contributed by atoms with Crippen LogP contribution in [0.4, 0.5) is 10.5 Å². The van der Waals surface area contributed by atoms with Crippen molar-refractivity contribution in [3.05, 3.63) is 27.8 Å². The average Bonchev–Trinajstić information content (AvgIpc) is 2.86. The van der Waals surface area contributed by atoms with Crippen molar-refractivity contribution in [3.8, 4) is 0 Å². The number of nitrogens with zero attached hydrogens (tertiary/aromatic N) is 1. The monoisotopic (exact) mass is 370 g/mol. The van der Waals surface area contributed by atoms with Crippen molar-refractivity contribution >= 4 is 34.3 Å². The van der Waals surface area contributed by atoms with E-state index in [4.69, 9.17) is 0 Å². The highest BCUT2D eigenvalue weighted by Gasteiger charge is 2.37. The number of carbonyl (C=O) groups excluding carboxylic acids is 1. The van der Waals surface area contributed by atoms with Gasteiger partial charge in [0.05, 0.1) is 0 Å². The Balaban J connectivity index is 1.69. The van der Waals surface area contributed by atoms with Crippen LogP contribution in [0.15, 0.2) is 24.3 Å². The highest BCUT2D eigenvalue weighted by molar-refractivity contribution is 14.1. The normalized spacial score (nSPS) is 26.1. The second-order valence-electron chi connectivity index (χ2n) is 5.53. The number of anilines is 1. The van der Waals surface area contributed by atoms with E-state index in [1.807, 2.05) is 24.3 Å². The Labute approximate surface area is 127 Å². The standard InChI is InChI=1S/C15H19IN2O/c16-12-6-2-7-13(10-12)17-15(19)18-9-3-5-11-4-1-8-14(11)18/h2,6-7,10-11,14H,1,3-5,8-9H2,(H,17,19). The highest BCUT2D eigenvalue weighted by Crippen LogP contribution is 2.36. The van der Waals surface area contributed by atoms with Crippen molar-refractivity contribution in [1.29, 1.82) is 0 Å². The van der Waals surface area contributed by atoms with Crippen LogP contribution in [0.3, 0.4) is 0 Å². The molecular formula is C15H19IN2O. The maximum absolute atomic E-state index is 12.4. The molecule has 0 bridgehead atoms. The number of urea groups is 1. The van der Waals surface area contributed by atoms with E-state index in [-0.39, 0.29) is 6.03 Å². The third-order valence-corrected chi connectivity index (χ3v) is 5.00. The Hall–Kier alpha value is -0.780. The fourth-order valence-electron chi connectivity index (χ4n) is 3.47. The van der Waals surface area contributed by atoms with Gasteiger partial charge in [-0.2, -0.15) is 0 Å². The van der Waals surface area contributed by atoms with Crippen LogP contribution in [0, 0.1) is 9.49 Å². The van der Waals surface area contributed by atoms with Gasteiger partial charge in [-0.15, -0.1) is 0 Å². The lowest BCUT2D eigenvalue weighted by atomic mass is 9.92. The largest absolute Gasteiger partial charge is 0.322 e. The van der Waals surface area contributed by atoms with Crippen molar-refractivity contribution in [2.24, 2.45) is 5.92 Å². The number of piperidine rings is 1. The van der Waals surface area contributed by atoms with E-state index in [1.165, 1.54) is 25.7 Å². The van der Waals surface area contributed by atoms with Crippen LogP contribution in [0.2, 0.25) is 0 Å². The SMILES string of the molecule is O=C(Nc1cccc(I)c1)N1CCCC2CCCC21. The second kappa shape index (κ2) is 5.69. The number of amides is 2. The Morgan fingerprint density at radius 2 is 2.11 bits per heavy atom. The van der Waals surface area contributed by atoms with Gasteiger partial charge in [-0.25, -0.2) is 4.79 Å². The molecule has 1 aliphatic carbocycles. The third kappa shape index (κ3) is 2.88. The van der Waals surface area contributed by atoms with Crippen molar-refractivity contribution in [2.45, 2.75) is 38.1 Å². The van der Waals surface area contributed by atoms with Gasteiger partial charge in [0.15, 0.2) is 0 Å². The van der Waals surface area contributed by atoms with E-state index >= 15 is 0 Å². The Morgan fingerprint density at radius 3 is 2.95 bits per heavy atom. The molecule has 0 aromatic heterocycles. The molecule has 1 saturated heterocycles. The second-order valence-corrected chi connectivity index (χ2v) is 6.78. The summed E-state index contributed by atoms with van der Waals surface area (Å²) in [4.78, 5) is 14.5. The molecule has 0 radical (unpaired) electrons. The van der Waals surface area contributed by atoms with Gasteiger partial charge in [-0.05, 0) is 72.4 Å². The molecule has 1 aromatic carbocycles. The number of halogens is 1. The van der Waals surface area contributed by atoms with Gasteiger partial charge in [0.1, 0.15) is 0 Å². The third-order valence-electron chi connectivity index (χ3n) is 4.33. The average molecular weight is 370 g/mol. The molecule has 19 heavy (non-hydrogen) atoms. The highest BCUT2D eigenvalue weighted by atomic mass is 127. The molecule has 1 aromatic rings. The molecular weight excluding hydrogens is 351 g/mol. The number of hydrogen-bond acceptors (Lipinski definition) is 1. The van der Waals surface area contributed by atoms with Crippen LogP contribution in [-0.4, -0.2) is 23.5 Å². The zero-order chi connectivity index (χ0) is 13.2. The number of carbonyl (C=O) groups is 1. The molecule has 2 aliphatic rings. The van der Waals surface area contributed by atoms with E-state index < -0.39 is 0 Å². The number of nitrogens with one attached hydrogen (secondary N) is 1. The van der Waals surface area contributed by atoms with Crippen LogP contribution >= 0.6 is 22.6 Å². The minimum Gasteiger partial charge on any atom is -0.321 e. The molecule has 2 fully saturated rings. The summed E-state index contributed by atoms with van der Waals surface area (Å²) >= 11 is 2.27. The lowest BCUT2D eigenvalue weighted by Gasteiger charge is -2.37. The van der Waals surface area contributed by atoms with Gasteiger partial charge in [0.25, 0.3) is 0 Å². The topological polar surface area (TPSA) is 32.3 Å². The van der Waals surface area contributed by atoms with E-state index in [9.17, 15) is 4.79 Å². The first-order valence-corrected chi connectivity index (χ1v) is 8.15. The minimum atomic E-state index is 0.0820. The van der Waals surface area contributed by atoms with Crippen LogP contribution < -0.4 is 5.32 Å². The van der Waals surface area contributed by atoms with Gasteiger partial charge in [0.2, 0.25) is 0 Å². The summed E-state index contributed by atoms with van der Waals surface area (Å²) in [6, 6.07) is 8.54. The first-order chi connectivity index (χ1) is 9.24. The van der Waals surface area contributed by atoms with Crippen molar-refractivity contribution < 1.29 is 4.79 Å². The zero-order valence-corrected chi connectivity index (χ0v) is 13.1. The maximum Gasteiger partial charge on any atom is 0.322 e. The molecule has 2 atom stereocenters. The quantitative estimate of drug-likeness (QED) is 0.743. The number of hydrogen-bond donors (Lipinski definition) is 1. The molecule has 1 saturated carbocycles. The van der Waals surface area contributed by atoms with Crippen LogP contribution in [-0.2, 0) is 0 Å². The molecule has 1 N–H and O–H groups in total. The predicted molar refractivity (Wildman–Crippen MR) is 85.2 cm³/mol. The summed E-state index contributed by atoms with van der Waals surface area (Å²) in [5.41, 5.74) is 0.900. The molecule has 3 rings (SSSR count). The minimum absolute atomic E-state index is 0.0820. The van der Waals surface area contributed by atoms with Gasteiger partial charge in [-0.3, -0.25) is 0 Å². The Kier molecular flexibility index (Phi) is 3.96. The van der Waals surface area contributed by atoms with Gasteiger partial charge < -0.3 is 10.2 Å². The molecule has 3 nitrogen and oxygen atoms in total. The lowest BCUT2D eigenvalue weighted by molar-refractivity contribution is 0.138. The summed E-state index contributed by atoms with van der Waals surface area (Å²) in [5, 5.41) is 3.05. The number of benzene rings is 1. The summed E-state index contributed by atoms with van der Waals surface area (Å²) in [6.45, 7) is 0.914. The molecule has 4 heteroatoms. The fourth-order valence-corrected chi connectivity index (χ4v) is 4.01. The first kappa shape index (κ1) is 13.2.